The van der Waals surface area contributed by atoms with Gasteiger partial charge < -0.3 is 18.9 Å². The average molecular weight is 591 g/mol. The maximum atomic E-state index is 13.5. The minimum absolute atomic E-state index is 0.00591. The predicted octanol–water partition coefficient (Wildman–Crippen LogP) is 3.64. The van der Waals surface area contributed by atoms with Crippen LogP contribution in [0.25, 0.3) is 0 Å². The molecular formula is C28H30O10S2. The summed E-state index contributed by atoms with van der Waals surface area (Å²) in [6, 6.07) is 21.2. The van der Waals surface area contributed by atoms with Gasteiger partial charge in [-0.1, -0.05) is 65.7 Å². The second-order valence-corrected chi connectivity index (χ2v) is 12.8. The molecule has 40 heavy (non-hydrogen) atoms. The van der Waals surface area contributed by atoms with Crippen molar-refractivity contribution in [2.75, 3.05) is 13.7 Å². The van der Waals surface area contributed by atoms with E-state index in [1.54, 1.807) is 36.4 Å². The van der Waals surface area contributed by atoms with Crippen molar-refractivity contribution in [1.82, 2.24) is 0 Å². The van der Waals surface area contributed by atoms with Crippen LogP contribution in [0.2, 0.25) is 0 Å². The summed E-state index contributed by atoms with van der Waals surface area (Å²) in [4.78, 5) is -0.229. The Hall–Kier alpha value is -2.68. The average Bonchev–Trinajstić information content (AvgIpc) is 2.94. The highest BCUT2D eigenvalue weighted by atomic mass is 32.2. The summed E-state index contributed by atoms with van der Waals surface area (Å²) in [6.07, 6.45) is -7.17. The summed E-state index contributed by atoms with van der Waals surface area (Å²) < 4.78 is 88.4. The molecule has 0 N–H and O–H groups in total. The number of methoxy groups -OCH3 is 1. The molecule has 6 atom stereocenters. The van der Waals surface area contributed by atoms with Crippen LogP contribution in [0.3, 0.4) is 0 Å². The second kappa shape index (κ2) is 11.7. The first kappa shape index (κ1) is 28.8. The number of aryl methyl sites for hydroxylation is 2. The fourth-order valence-corrected chi connectivity index (χ4v) is 6.71. The van der Waals surface area contributed by atoms with Crippen LogP contribution in [0.1, 0.15) is 23.0 Å². The summed E-state index contributed by atoms with van der Waals surface area (Å²) in [5, 5.41) is 0. The number of hydrogen-bond acceptors (Lipinski definition) is 10. The van der Waals surface area contributed by atoms with Crippen molar-refractivity contribution in [2.45, 2.75) is 60.6 Å². The highest BCUT2D eigenvalue weighted by Gasteiger charge is 2.54. The highest BCUT2D eigenvalue weighted by molar-refractivity contribution is 7.87. The van der Waals surface area contributed by atoms with Crippen LogP contribution in [-0.4, -0.2) is 61.3 Å². The molecule has 214 valence electrons. The number of rotatable bonds is 8. The van der Waals surface area contributed by atoms with Gasteiger partial charge in [0.15, 0.2) is 18.7 Å². The lowest BCUT2D eigenvalue weighted by molar-refractivity contribution is -0.351. The van der Waals surface area contributed by atoms with Crippen molar-refractivity contribution in [1.29, 1.82) is 0 Å². The van der Waals surface area contributed by atoms with Gasteiger partial charge in [0, 0.05) is 12.7 Å². The summed E-state index contributed by atoms with van der Waals surface area (Å²) >= 11 is 0. The van der Waals surface area contributed by atoms with Gasteiger partial charge in [0.05, 0.1) is 16.4 Å². The smallest absolute Gasteiger partial charge is 0.297 e. The van der Waals surface area contributed by atoms with Crippen LogP contribution in [0.15, 0.2) is 88.7 Å². The third-order valence-corrected chi connectivity index (χ3v) is 9.33. The van der Waals surface area contributed by atoms with Gasteiger partial charge in [0.2, 0.25) is 0 Å². The third kappa shape index (κ3) is 6.14. The third-order valence-electron chi connectivity index (χ3n) is 6.68. The molecule has 2 saturated heterocycles. The highest BCUT2D eigenvalue weighted by Crippen LogP contribution is 2.38. The molecule has 2 aliphatic heterocycles. The molecule has 3 aromatic carbocycles. The van der Waals surface area contributed by atoms with Crippen LogP contribution in [0.4, 0.5) is 0 Å². The molecule has 2 heterocycles. The number of ether oxygens (including phenoxy) is 4. The topological polar surface area (TPSA) is 124 Å². The van der Waals surface area contributed by atoms with Crippen LogP contribution >= 0.6 is 0 Å². The molecule has 0 amide bonds. The molecule has 2 fully saturated rings. The zero-order chi connectivity index (χ0) is 28.5. The monoisotopic (exact) mass is 590 g/mol. The number of hydrogen-bond donors (Lipinski definition) is 0. The van der Waals surface area contributed by atoms with Gasteiger partial charge in [-0.25, -0.2) is 0 Å². The molecular weight excluding hydrogens is 560 g/mol. The zero-order valence-corrected chi connectivity index (χ0v) is 23.7. The standard InChI is InChI=1S/C28H30O10S2/c1-18-9-13-21(14-10-18)39(29,30)37-25-24-23(17-34-27(36-24)20-7-5-4-6-8-20)35-28(33-3)26(25)38-40(31,32)22-15-11-19(2)12-16-22/h4-16,23-28H,17H2,1-3H3/t23-,24-,25+,26-,27-,28-/m1/s1. The van der Waals surface area contributed by atoms with E-state index in [9.17, 15) is 16.8 Å². The lowest BCUT2D eigenvalue weighted by atomic mass is 9.98. The Bertz CT molecular complexity index is 1510. The van der Waals surface area contributed by atoms with E-state index in [0.29, 0.717) is 5.56 Å². The van der Waals surface area contributed by atoms with Gasteiger partial charge in [-0.15, -0.1) is 0 Å². The van der Waals surface area contributed by atoms with Crippen LogP contribution < -0.4 is 0 Å². The Labute approximate surface area is 234 Å². The largest absolute Gasteiger partial charge is 0.353 e. The molecule has 0 radical (unpaired) electrons. The summed E-state index contributed by atoms with van der Waals surface area (Å²) in [6.45, 7) is 3.65. The second-order valence-electron chi connectivity index (χ2n) is 9.61. The quantitative estimate of drug-likeness (QED) is 0.359. The summed E-state index contributed by atoms with van der Waals surface area (Å²) in [7, 11) is -7.52. The van der Waals surface area contributed by atoms with E-state index in [1.807, 2.05) is 32.0 Å². The minimum Gasteiger partial charge on any atom is -0.353 e. The molecule has 0 aliphatic carbocycles. The summed E-state index contributed by atoms with van der Waals surface area (Å²) in [5.74, 6) is 0. The Morgan fingerprint density at radius 3 is 1.75 bits per heavy atom. The van der Waals surface area contributed by atoms with Crippen LogP contribution in [-0.2, 0) is 47.5 Å². The van der Waals surface area contributed by atoms with E-state index in [1.165, 1.54) is 31.4 Å². The van der Waals surface area contributed by atoms with E-state index >= 15 is 0 Å². The van der Waals surface area contributed by atoms with E-state index in [4.69, 9.17) is 27.3 Å². The minimum atomic E-state index is -4.41. The maximum Gasteiger partial charge on any atom is 0.297 e. The van der Waals surface area contributed by atoms with Gasteiger partial charge in [-0.3, -0.25) is 8.37 Å². The SMILES string of the molecule is CO[C@@H]1O[C@@H]2CO[C@@H](c3ccccc3)O[C@H]2[C@H](OS(=O)(=O)c2ccc(C)cc2)[C@H]1OS(=O)(=O)c1ccc(C)cc1. The van der Waals surface area contributed by atoms with Crippen molar-refractivity contribution in [3.05, 3.63) is 95.6 Å². The Morgan fingerprint density at radius 1 is 0.700 bits per heavy atom. The van der Waals surface area contributed by atoms with E-state index in [-0.39, 0.29) is 16.4 Å². The van der Waals surface area contributed by atoms with E-state index in [2.05, 4.69) is 0 Å². The van der Waals surface area contributed by atoms with Crippen molar-refractivity contribution in [2.24, 2.45) is 0 Å². The summed E-state index contributed by atoms with van der Waals surface area (Å²) in [5.41, 5.74) is 2.39. The molecule has 12 heteroatoms. The molecule has 2 aliphatic rings. The normalized spacial score (nSPS) is 27.2. The lowest BCUT2D eigenvalue weighted by Crippen LogP contribution is -2.64. The molecule has 0 unspecified atom stereocenters. The molecule has 5 rings (SSSR count). The van der Waals surface area contributed by atoms with Gasteiger partial charge in [-0.05, 0) is 38.1 Å². The Balaban J connectivity index is 1.53. The van der Waals surface area contributed by atoms with Gasteiger partial charge in [-0.2, -0.15) is 16.8 Å². The molecule has 0 aromatic heterocycles. The first-order valence-electron chi connectivity index (χ1n) is 12.6. The first-order valence-corrected chi connectivity index (χ1v) is 15.4. The van der Waals surface area contributed by atoms with Crippen molar-refractivity contribution < 1.29 is 44.1 Å². The predicted molar refractivity (Wildman–Crippen MR) is 142 cm³/mol. The van der Waals surface area contributed by atoms with Crippen molar-refractivity contribution in [3.8, 4) is 0 Å². The van der Waals surface area contributed by atoms with Gasteiger partial charge >= 0.3 is 0 Å². The van der Waals surface area contributed by atoms with Gasteiger partial charge in [0.25, 0.3) is 20.2 Å². The van der Waals surface area contributed by atoms with Crippen LogP contribution in [0.5, 0.6) is 0 Å². The number of benzene rings is 3. The molecule has 3 aromatic rings. The van der Waals surface area contributed by atoms with Crippen molar-refractivity contribution >= 4 is 20.2 Å². The maximum absolute atomic E-state index is 13.5. The molecule has 10 nitrogen and oxygen atoms in total. The van der Waals surface area contributed by atoms with Crippen molar-refractivity contribution in [3.63, 3.8) is 0 Å². The number of fused-ring (bicyclic) bond motifs is 1. The first-order chi connectivity index (χ1) is 19.1. The zero-order valence-electron chi connectivity index (χ0n) is 22.1. The molecule has 0 spiro atoms. The molecule has 0 bridgehead atoms. The Kier molecular flexibility index (Phi) is 8.41. The fraction of sp³-hybridized carbons (Fsp3) is 0.357. The van der Waals surface area contributed by atoms with E-state index < -0.39 is 57.2 Å². The van der Waals surface area contributed by atoms with Crippen LogP contribution in [0, 0.1) is 13.8 Å². The van der Waals surface area contributed by atoms with E-state index in [0.717, 1.165) is 11.1 Å². The Morgan fingerprint density at radius 2 is 1.23 bits per heavy atom. The lowest BCUT2D eigenvalue weighted by Gasteiger charge is -2.47. The van der Waals surface area contributed by atoms with Gasteiger partial charge in [0.1, 0.15) is 18.3 Å². The molecule has 0 saturated carbocycles. The fourth-order valence-electron chi connectivity index (χ4n) is 4.54.